The van der Waals surface area contributed by atoms with E-state index in [1.807, 2.05) is 90.5 Å². The Labute approximate surface area is 492 Å². The lowest BCUT2D eigenvalue weighted by Gasteiger charge is -2.69. The summed E-state index contributed by atoms with van der Waals surface area (Å²) < 4.78 is 21.9. The van der Waals surface area contributed by atoms with E-state index in [1.165, 1.54) is 28.4 Å². The summed E-state index contributed by atoms with van der Waals surface area (Å²) in [5, 5.41) is 22.1. The van der Waals surface area contributed by atoms with Gasteiger partial charge in [0.05, 0.1) is 40.9 Å². The minimum Gasteiger partial charge on any atom is -0.493 e. The highest BCUT2D eigenvalue weighted by molar-refractivity contribution is 7.22. The summed E-state index contributed by atoms with van der Waals surface area (Å²) in [4.78, 5) is 89.9. The van der Waals surface area contributed by atoms with Crippen LogP contribution in [0.3, 0.4) is 0 Å². The van der Waals surface area contributed by atoms with Crippen LogP contribution in [0.1, 0.15) is 118 Å². The molecule has 0 spiro atoms. The number of likely N-dealkylation sites (N-methyl/N-ethyl adjacent to an activating group) is 1. The van der Waals surface area contributed by atoms with Crippen molar-refractivity contribution < 1.29 is 48.1 Å². The number of fused-ring (bicyclic) bond motifs is 2. The number of amides is 6. The van der Waals surface area contributed by atoms with Crippen LogP contribution in [-0.4, -0.2) is 123 Å². The van der Waals surface area contributed by atoms with Crippen LogP contribution in [0.5, 0.6) is 5.75 Å². The monoisotopic (exact) mass is 1160 g/mol. The molecule has 4 aliphatic carbocycles. The number of carboxylic acid groups (broad SMARTS) is 1. The number of unbranched alkanes of at least 4 members (excludes halogenated alkanes) is 2. The molecule has 0 radical (unpaired) electrons. The van der Waals surface area contributed by atoms with Gasteiger partial charge in [-0.25, -0.2) is 24.4 Å². The maximum absolute atomic E-state index is 13.8. The highest BCUT2D eigenvalue weighted by atomic mass is 32.1. The van der Waals surface area contributed by atoms with Crippen molar-refractivity contribution in [1.82, 2.24) is 34.9 Å². The van der Waals surface area contributed by atoms with Gasteiger partial charge in [-0.05, 0) is 136 Å². The fourth-order valence-electron chi connectivity index (χ4n) is 14.8. The number of aryl methyl sites for hydroxylation is 1. The van der Waals surface area contributed by atoms with Gasteiger partial charge in [0.2, 0.25) is 5.91 Å². The molecule has 4 fully saturated rings. The molecule has 6 aliphatic rings. The fraction of sp³-hybridized carbons (Fsp3) is 0.453. The summed E-state index contributed by atoms with van der Waals surface area (Å²) in [7, 11) is 1.72. The second-order valence-corrected chi connectivity index (χ2v) is 25.6. The Morgan fingerprint density at radius 1 is 0.833 bits per heavy atom. The van der Waals surface area contributed by atoms with Gasteiger partial charge in [-0.2, -0.15) is 5.10 Å². The molecule has 2 atom stereocenters. The number of aromatic nitrogens is 4. The van der Waals surface area contributed by atoms with Crippen LogP contribution in [0.15, 0.2) is 97.2 Å². The van der Waals surface area contributed by atoms with E-state index in [0.29, 0.717) is 105 Å². The zero-order valence-corrected chi connectivity index (χ0v) is 49.1. The van der Waals surface area contributed by atoms with Gasteiger partial charge in [-0.1, -0.05) is 74.1 Å². The molecular weight excluding hydrogens is 1090 g/mol. The molecular formula is C64H73N9O10S. The van der Waals surface area contributed by atoms with E-state index < -0.39 is 12.1 Å². The van der Waals surface area contributed by atoms with E-state index in [2.05, 4.69) is 29.5 Å². The molecule has 12 rings (SSSR count). The highest BCUT2D eigenvalue weighted by Crippen LogP contribution is 2.72. The van der Waals surface area contributed by atoms with Crippen LogP contribution >= 0.6 is 11.3 Å². The normalized spacial score (nSPS) is 22.1. The van der Waals surface area contributed by atoms with E-state index in [1.54, 1.807) is 23.0 Å². The van der Waals surface area contributed by atoms with Gasteiger partial charge in [-0.3, -0.25) is 34.2 Å². The van der Waals surface area contributed by atoms with Crippen LogP contribution in [0.4, 0.5) is 20.4 Å². The molecule has 6 amide bonds. The SMILES string of the molecule is Cc1c(-c2ccc(-c3ccc4c(c3)N(C(=O)Nc3nc5ccccc5s3)CCC4)nc2C(=O)O)cnn1CC12CC3(C)CC(C)(C1)CC(OCCN(C)C(=O)OCc1ccccc1OCCCNC(=O)CCCCCN1C(=O)C=CC1=O)(C3)C2. The third-order valence-electron chi connectivity index (χ3n) is 17.4. The predicted octanol–water partition coefficient (Wildman–Crippen LogP) is 11.0. The van der Waals surface area contributed by atoms with Crippen molar-refractivity contribution in [3.63, 3.8) is 0 Å². The third kappa shape index (κ3) is 12.6. The number of hydrogen-bond donors (Lipinski definition) is 3. The Bertz CT molecular complexity index is 3490. The lowest BCUT2D eigenvalue weighted by molar-refractivity contribution is -0.248. The predicted molar refractivity (Wildman–Crippen MR) is 319 cm³/mol. The number of carbonyl (C=O) groups is 6. The summed E-state index contributed by atoms with van der Waals surface area (Å²) in [6.45, 7) is 9.84. The summed E-state index contributed by atoms with van der Waals surface area (Å²) >= 11 is 1.43. The number of carboxylic acids is 1. The van der Waals surface area contributed by atoms with Crippen LogP contribution < -0.4 is 20.3 Å². The number of imide groups is 1. The van der Waals surface area contributed by atoms with Crippen molar-refractivity contribution in [3.8, 4) is 28.1 Å². The standard InChI is InChI=1S/C64H73N9O10S/c1-42-47(46-22-23-48(67-56(46)57(77)78)44-21-20-43-15-12-28-71(50(43)32-44)59(79)69-58-68-49-16-8-10-18-52(49)84-58)33-66-73(42)41-63-36-61(2)35-62(3,37-63)39-64(38-61,40-63)83-31-29-70(4)60(80)82-34-45-14-7-9-17-51(45)81-30-13-26-65-53(74)19-6-5-11-27-72-54(75)24-25-55(72)76/h7-10,14,16-18,20-25,32-33H,5-6,11-13,15,19,26-31,34-41H2,1-4H3,(H,65,74)(H,77,78)(H,68,69,79). The summed E-state index contributed by atoms with van der Waals surface area (Å²) in [6.07, 6.45) is 14.3. The molecule has 440 valence electrons. The zero-order chi connectivity index (χ0) is 58.8. The van der Waals surface area contributed by atoms with Crippen molar-refractivity contribution in [2.24, 2.45) is 16.2 Å². The summed E-state index contributed by atoms with van der Waals surface area (Å²) in [6, 6.07) is 24.4. The second kappa shape index (κ2) is 24.0. The van der Waals surface area contributed by atoms with Crippen molar-refractivity contribution in [3.05, 3.63) is 120 Å². The van der Waals surface area contributed by atoms with E-state index in [4.69, 9.17) is 24.3 Å². The quantitative estimate of drug-likeness (QED) is 0.0401. The van der Waals surface area contributed by atoms with E-state index in [0.717, 1.165) is 90.5 Å². The first-order valence-electron chi connectivity index (χ1n) is 29.3. The molecule has 6 aromatic rings. The topological polar surface area (TPSA) is 228 Å². The number of ether oxygens (including phenoxy) is 3. The first kappa shape index (κ1) is 57.8. The molecule has 3 N–H and O–H groups in total. The van der Waals surface area contributed by atoms with Crippen molar-refractivity contribution in [2.75, 3.05) is 56.7 Å². The molecule has 3 aromatic heterocycles. The Hall–Kier alpha value is -7.97. The Kier molecular flexibility index (Phi) is 16.5. The molecule has 20 heteroatoms. The van der Waals surface area contributed by atoms with Gasteiger partial charge in [0.15, 0.2) is 10.8 Å². The van der Waals surface area contributed by atoms with Crippen LogP contribution in [-0.2, 0) is 43.4 Å². The zero-order valence-electron chi connectivity index (χ0n) is 48.2. The number of urea groups is 1. The van der Waals surface area contributed by atoms with Gasteiger partial charge in [0, 0.05) is 92.0 Å². The number of benzene rings is 3. The van der Waals surface area contributed by atoms with Gasteiger partial charge >= 0.3 is 18.1 Å². The summed E-state index contributed by atoms with van der Waals surface area (Å²) in [5.74, 6) is -1.19. The molecule has 5 heterocycles. The number of thiazole rings is 1. The lowest BCUT2D eigenvalue weighted by atomic mass is 9.39. The Morgan fingerprint density at radius 2 is 1.61 bits per heavy atom. The molecule has 19 nitrogen and oxygen atoms in total. The van der Waals surface area contributed by atoms with E-state index >= 15 is 0 Å². The van der Waals surface area contributed by atoms with Gasteiger partial charge in [0.1, 0.15) is 12.4 Å². The average molecular weight is 1160 g/mol. The van der Waals surface area contributed by atoms with E-state index in [-0.39, 0.29) is 57.9 Å². The van der Waals surface area contributed by atoms with Crippen molar-refractivity contribution in [1.29, 1.82) is 0 Å². The molecule has 2 aliphatic heterocycles. The number of nitrogens with one attached hydrogen (secondary N) is 2. The van der Waals surface area contributed by atoms with Gasteiger partial charge in [0.25, 0.3) is 11.8 Å². The first-order chi connectivity index (χ1) is 40.4. The minimum atomic E-state index is -1.15. The van der Waals surface area contributed by atoms with Gasteiger partial charge < -0.3 is 29.5 Å². The largest absolute Gasteiger partial charge is 0.493 e. The number of hydrogen-bond acceptors (Lipinski definition) is 13. The molecule has 4 saturated carbocycles. The first-order valence-corrected chi connectivity index (χ1v) is 30.1. The van der Waals surface area contributed by atoms with E-state index in [9.17, 15) is 33.9 Å². The van der Waals surface area contributed by atoms with Gasteiger partial charge in [-0.15, -0.1) is 0 Å². The average Bonchev–Trinajstić information content (AvgIpc) is 0.781. The molecule has 3 aromatic carbocycles. The molecule has 0 saturated heterocycles. The van der Waals surface area contributed by atoms with Crippen LogP contribution in [0.25, 0.3) is 32.6 Å². The molecule has 4 bridgehead atoms. The highest BCUT2D eigenvalue weighted by Gasteiger charge is 2.66. The maximum Gasteiger partial charge on any atom is 0.409 e. The number of pyridine rings is 1. The summed E-state index contributed by atoms with van der Waals surface area (Å²) in [5.41, 5.74) is 6.10. The number of carbonyl (C=O) groups excluding carboxylic acids is 5. The number of rotatable bonds is 23. The number of aromatic carboxylic acids is 1. The third-order valence-corrected chi connectivity index (χ3v) is 18.4. The fourth-order valence-corrected chi connectivity index (χ4v) is 15.7. The second-order valence-electron chi connectivity index (χ2n) is 24.5. The minimum absolute atomic E-state index is 0.0230. The molecule has 84 heavy (non-hydrogen) atoms. The Morgan fingerprint density at radius 3 is 2.39 bits per heavy atom. The maximum atomic E-state index is 13.8. The smallest absolute Gasteiger partial charge is 0.409 e. The molecule has 2 unspecified atom stereocenters. The Balaban J connectivity index is 0.674. The number of anilines is 2. The van der Waals surface area contributed by atoms with Crippen LogP contribution in [0, 0.1) is 23.2 Å². The van der Waals surface area contributed by atoms with Crippen molar-refractivity contribution in [2.45, 2.75) is 123 Å². The number of para-hydroxylation sites is 2. The van der Waals surface area contributed by atoms with Crippen LogP contribution in [0.2, 0.25) is 0 Å². The lowest BCUT2D eigenvalue weighted by Crippen LogP contribution is -2.64. The van der Waals surface area contributed by atoms with Crippen molar-refractivity contribution >= 4 is 68.2 Å². The number of nitrogens with zero attached hydrogens (tertiary/aromatic N) is 7.